The van der Waals surface area contributed by atoms with Crippen LogP contribution in [0.25, 0.3) is 0 Å². The SMILES string of the molecule is CBc1cnc(C2=NS(=O)(=O)N(C)C(C(=O)O)=C2)s1. The van der Waals surface area contributed by atoms with E-state index in [2.05, 4.69) is 9.38 Å². The van der Waals surface area contributed by atoms with Crippen LogP contribution in [0.5, 0.6) is 0 Å². The van der Waals surface area contributed by atoms with Gasteiger partial charge in [0.15, 0.2) is 7.28 Å². The maximum absolute atomic E-state index is 11.8. The normalized spacial score (nSPS) is 17.7. The Balaban J connectivity index is 2.53. The maximum Gasteiger partial charge on any atom is 0.353 e. The van der Waals surface area contributed by atoms with Crippen LogP contribution in [0.3, 0.4) is 0 Å². The summed E-state index contributed by atoms with van der Waals surface area (Å²) in [6.45, 7) is 1.95. The lowest BCUT2D eigenvalue weighted by atomic mass is 9.81. The van der Waals surface area contributed by atoms with Crippen LogP contribution in [0, 0.1) is 0 Å². The van der Waals surface area contributed by atoms with Crippen molar-refractivity contribution in [3.63, 3.8) is 0 Å². The lowest BCUT2D eigenvalue weighted by molar-refractivity contribution is -0.133. The van der Waals surface area contributed by atoms with Crippen LogP contribution in [0.1, 0.15) is 5.01 Å². The topological polar surface area (TPSA) is 99.9 Å². The number of thiazole rings is 1. The number of carbonyl (C=O) groups is 1. The maximum atomic E-state index is 11.8. The molecule has 0 unspecified atom stereocenters. The summed E-state index contributed by atoms with van der Waals surface area (Å²) in [5.41, 5.74) is -0.293. The molecule has 2 heterocycles. The van der Waals surface area contributed by atoms with E-state index < -0.39 is 16.2 Å². The molecule has 0 amide bonds. The van der Waals surface area contributed by atoms with Crippen LogP contribution in [0.2, 0.25) is 6.82 Å². The number of hydrogen-bond donors (Lipinski definition) is 1. The Bertz CT molecular complexity index is 692. The Kier molecular flexibility index (Phi) is 3.46. The smallest absolute Gasteiger partial charge is 0.353 e. The molecule has 1 aliphatic heterocycles. The predicted octanol–water partition coefficient (Wildman–Crippen LogP) is -0.799. The van der Waals surface area contributed by atoms with Gasteiger partial charge in [-0.05, 0) is 10.9 Å². The first kappa shape index (κ1) is 13.7. The molecule has 0 spiro atoms. The highest BCUT2D eigenvalue weighted by Crippen LogP contribution is 2.19. The third-order valence-electron chi connectivity index (χ3n) is 2.51. The molecule has 1 aliphatic rings. The average Bonchev–Trinajstić information content (AvgIpc) is 2.80. The Morgan fingerprint density at radius 2 is 2.21 bits per heavy atom. The second-order valence-electron chi connectivity index (χ2n) is 3.74. The fraction of sp³-hybridized carbons (Fsp3) is 0.222. The summed E-state index contributed by atoms with van der Waals surface area (Å²) in [4.78, 5) is 15.1. The first-order valence-corrected chi connectivity index (χ1v) is 7.55. The zero-order valence-corrected chi connectivity index (χ0v) is 11.8. The quantitative estimate of drug-likeness (QED) is 0.737. The van der Waals surface area contributed by atoms with Crippen molar-refractivity contribution in [1.29, 1.82) is 0 Å². The van der Waals surface area contributed by atoms with E-state index in [4.69, 9.17) is 5.11 Å². The molecular weight excluding hydrogens is 289 g/mol. The van der Waals surface area contributed by atoms with Crippen molar-refractivity contribution in [2.24, 2.45) is 4.40 Å². The van der Waals surface area contributed by atoms with E-state index in [-0.39, 0.29) is 11.4 Å². The highest BCUT2D eigenvalue weighted by molar-refractivity contribution is 7.88. The van der Waals surface area contributed by atoms with Crippen LogP contribution in [0.4, 0.5) is 0 Å². The fourth-order valence-electron chi connectivity index (χ4n) is 1.44. The number of hydrogen-bond acceptors (Lipinski definition) is 5. The zero-order chi connectivity index (χ0) is 14.2. The number of allylic oxidation sites excluding steroid dienone is 1. The van der Waals surface area contributed by atoms with E-state index in [9.17, 15) is 13.2 Å². The van der Waals surface area contributed by atoms with Crippen molar-refractivity contribution in [3.8, 4) is 0 Å². The van der Waals surface area contributed by atoms with Crippen molar-refractivity contribution in [1.82, 2.24) is 9.29 Å². The van der Waals surface area contributed by atoms with Gasteiger partial charge in [0.05, 0.1) is 0 Å². The van der Waals surface area contributed by atoms with Gasteiger partial charge in [0.1, 0.15) is 16.4 Å². The fourth-order valence-corrected chi connectivity index (χ4v) is 3.20. The molecule has 0 fully saturated rings. The van der Waals surface area contributed by atoms with Crippen LogP contribution < -0.4 is 4.78 Å². The number of aliphatic carboxylic acids is 1. The molecule has 0 aromatic carbocycles. The first-order chi connectivity index (χ1) is 8.85. The lowest BCUT2D eigenvalue weighted by Crippen LogP contribution is -2.33. The molecule has 0 saturated carbocycles. The van der Waals surface area contributed by atoms with E-state index in [1.165, 1.54) is 17.4 Å². The molecule has 19 heavy (non-hydrogen) atoms. The third-order valence-corrected chi connectivity index (χ3v) is 4.99. The summed E-state index contributed by atoms with van der Waals surface area (Å²) in [5.74, 6) is -1.33. The number of carboxylic acids is 1. The van der Waals surface area contributed by atoms with Crippen LogP contribution in [0.15, 0.2) is 22.4 Å². The minimum Gasteiger partial charge on any atom is -0.477 e. The van der Waals surface area contributed by atoms with E-state index >= 15 is 0 Å². The van der Waals surface area contributed by atoms with Gasteiger partial charge in [-0.25, -0.2) is 14.1 Å². The molecule has 7 nitrogen and oxygen atoms in total. The summed E-state index contributed by atoms with van der Waals surface area (Å²) in [6, 6.07) is 0. The largest absolute Gasteiger partial charge is 0.477 e. The van der Waals surface area contributed by atoms with Crippen LogP contribution in [-0.2, 0) is 15.0 Å². The van der Waals surface area contributed by atoms with Gasteiger partial charge in [-0.2, -0.15) is 8.42 Å². The summed E-state index contributed by atoms with van der Waals surface area (Å²) < 4.78 is 28.7. The number of carboxylic acid groups (broad SMARTS) is 1. The molecule has 2 rings (SSSR count). The highest BCUT2D eigenvalue weighted by Gasteiger charge is 2.30. The third kappa shape index (κ3) is 2.54. The molecular formula is C9H10BN3O4S2. The van der Waals surface area contributed by atoms with Gasteiger partial charge in [-0.3, -0.25) is 0 Å². The Morgan fingerprint density at radius 1 is 1.53 bits per heavy atom. The van der Waals surface area contributed by atoms with Crippen molar-refractivity contribution in [2.75, 3.05) is 7.05 Å². The van der Waals surface area contributed by atoms with Gasteiger partial charge in [-0.1, -0.05) is 6.82 Å². The average molecular weight is 299 g/mol. The lowest BCUT2D eigenvalue weighted by Gasteiger charge is -2.20. The first-order valence-electron chi connectivity index (χ1n) is 5.34. The van der Waals surface area contributed by atoms with Gasteiger partial charge >= 0.3 is 16.2 Å². The molecule has 1 N–H and O–H groups in total. The number of likely N-dealkylation sites (N-methyl/N-ethyl adjacent to an activating group) is 1. The molecule has 1 aromatic rings. The van der Waals surface area contributed by atoms with Gasteiger partial charge in [-0.15, -0.1) is 15.7 Å². The van der Waals surface area contributed by atoms with Crippen LogP contribution >= 0.6 is 11.3 Å². The molecule has 0 saturated heterocycles. The van der Waals surface area contributed by atoms with E-state index in [0.717, 1.165) is 19.1 Å². The molecule has 0 bridgehead atoms. The van der Waals surface area contributed by atoms with Gasteiger partial charge in [0.25, 0.3) is 0 Å². The minimum absolute atomic E-state index is 0.0557. The summed E-state index contributed by atoms with van der Waals surface area (Å²) in [7, 11) is -2.09. The van der Waals surface area contributed by atoms with Crippen molar-refractivity contribution in [3.05, 3.63) is 23.0 Å². The molecule has 100 valence electrons. The number of nitrogens with zero attached hydrogens (tertiary/aromatic N) is 3. The van der Waals surface area contributed by atoms with E-state index in [1.807, 2.05) is 6.82 Å². The summed E-state index contributed by atoms with van der Waals surface area (Å²) >= 11 is 1.29. The second kappa shape index (κ2) is 4.78. The minimum atomic E-state index is -4.01. The van der Waals surface area contributed by atoms with Crippen molar-refractivity contribution in [2.45, 2.75) is 6.82 Å². The van der Waals surface area contributed by atoms with Gasteiger partial charge < -0.3 is 5.11 Å². The standard InChI is InChI=1S/C9H10BN3O4S2/c1-10-7-4-11-8(18-7)5-3-6(9(14)15)13(2)19(16,17)12-5/h3-4,10H,1-2H3,(H,14,15). The van der Waals surface area contributed by atoms with E-state index in [0.29, 0.717) is 9.31 Å². The summed E-state index contributed by atoms with van der Waals surface area (Å²) in [6.07, 6.45) is 2.84. The number of rotatable bonds is 3. The van der Waals surface area contributed by atoms with Gasteiger partial charge in [0.2, 0.25) is 0 Å². The zero-order valence-electron chi connectivity index (χ0n) is 10.2. The predicted molar refractivity (Wildman–Crippen MR) is 73.7 cm³/mol. The molecule has 0 atom stereocenters. The Labute approximate surface area is 114 Å². The second-order valence-corrected chi connectivity index (χ2v) is 6.48. The molecule has 0 radical (unpaired) electrons. The summed E-state index contributed by atoms with van der Waals surface area (Å²) in [5, 5.41) is 9.41. The Morgan fingerprint density at radius 3 is 2.74 bits per heavy atom. The Hall–Kier alpha value is -1.68. The van der Waals surface area contributed by atoms with Crippen molar-refractivity contribution >= 4 is 45.3 Å². The molecule has 1 aromatic heterocycles. The number of aromatic nitrogens is 1. The molecule has 10 heteroatoms. The van der Waals surface area contributed by atoms with Crippen LogP contribution in [-0.4, -0.2) is 48.8 Å². The highest BCUT2D eigenvalue weighted by atomic mass is 32.2. The van der Waals surface area contributed by atoms with E-state index in [1.54, 1.807) is 6.20 Å². The molecule has 0 aliphatic carbocycles. The van der Waals surface area contributed by atoms with Crippen molar-refractivity contribution < 1.29 is 18.3 Å². The monoisotopic (exact) mass is 299 g/mol. The van der Waals surface area contributed by atoms with Gasteiger partial charge in [0, 0.05) is 13.2 Å².